The molecule has 0 aliphatic carbocycles. The minimum absolute atomic E-state index is 0.924. The quantitative estimate of drug-likeness (QED) is 0.630. The van der Waals surface area contributed by atoms with Crippen LogP contribution in [0.1, 0.15) is 0 Å². The van der Waals surface area contributed by atoms with Gasteiger partial charge in [-0.2, -0.15) is 10.2 Å². The van der Waals surface area contributed by atoms with E-state index < -0.39 is 0 Å². The van der Waals surface area contributed by atoms with E-state index in [0.717, 1.165) is 11.3 Å². The second-order valence-electron chi connectivity index (χ2n) is 2.35. The van der Waals surface area contributed by atoms with Gasteiger partial charge in [0.25, 0.3) is 0 Å². The van der Waals surface area contributed by atoms with Crippen LogP contribution < -0.4 is 0 Å². The molecule has 3 nitrogen and oxygen atoms in total. The Morgan fingerprint density at radius 3 is 2.58 bits per heavy atom. The van der Waals surface area contributed by atoms with Gasteiger partial charge in [-0.25, -0.2) is 0 Å². The van der Waals surface area contributed by atoms with Crippen molar-refractivity contribution in [2.45, 2.75) is 0 Å². The summed E-state index contributed by atoms with van der Waals surface area (Å²) in [6.45, 7) is 0. The van der Waals surface area contributed by atoms with E-state index in [1.54, 1.807) is 18.6 Å². The third-order valence-electron chi connectivity index (χ3n) is 1.54. The fourth-order valence-electron chi connectivity index (χ4n) is 0.976. The zero-order valence-corrected chi connectivity index (χ0v) is 6.38. The van der Waals surface area contributed by atoms with Crippen LogP contribution in [-0.4, -0.2) is 15.2 Å². The summed E-state index contributed by atoms with van der Waals surface area (Å²) >= 11 is 0. The molecule has 0 spiro atoms. The Morgan fingerprint density at radius 2 is 1.92 bits per heavy atom. The van der Waals surface area contributed by atoms with Crippen molar-refractivity contribution in [1.82, 2.24) is 15.2 Å². The monoisotopic (exact) mass is 157 g/mol. The molecule has 0 aromatic carbocycles. The first-order chi connectivity index (χ1) is 5.97. The Bertz CT molecular complexity index is 307. The first kappa shape index (κ1) is 6.91. The summed E-state index contributed by atoms with van der Waals surface area (Å²) < 4.78 is 0. The third-order valence-corrected chi connectivity index (χ3v) is 1.54. The van der Waals surface area contributed by atoms with Crippen LogP contribution in [0.2, 0.25) is 0 Å². The zero-order valence-electron chi connectivity index (χ0n) is 6.38. The van der Waals surface area contributed by atoms with Crippen molar-refractivity contribution in [2.24, 2.45) is 0 Å². The highest BCUT2D eigenvalue weighted by Gasteiger charge is 1.95. The van der Waals surface area contributed by atoms with Crippen LogP contribution in [0.15, 0.2) is 42.9 Å². The summed E-state index contributed by atoms with van der Waals surface area (Å²) in [5.41, 5.74) is 1.91. The van der Waals surface area contributed by atoms with E-state index in [0.29, 0.717) is 0 Å². The van der Waals surface area contributed by atoms with Crippen LogP contribution in [0.3, 0.4) is 0 Å². The van der Waals surface area contributed by atoms with E-state index in [2.05, 4.69) is 15.2 Å². The van der Waals surface area contributed by atoms with Crippen molar-refractivity contribution in [3.05, 3.63) is 42.9 Å². The standard InChI is InChI=1S/C9H7N3/c1-2-5-10-9(3-1)8-4-6-11-12-7-8/h1-7H. The second-order valence-corrected chi connectivity index (χ2v) is 2.35. The van der Waals surface area contributed by atoms with E-state index in [1.807, 2.05) is 24.3 Å². The molecule has 2 aromatic rings. The highest BCUT2D eigenvalue weighted by atomic mass is 15.1. The minimum atomic E-state index is 0.924. The predicted octanol–water partition coefficient (Wildman–Crippen LogP) is 1.54. The van der Waals surface area contributed by atoms with Crippen LogP contribution in [0.5, 0.6) is 0 Å². The Morgan fingerprint density at radius 1 is 0.917 bits per heavy atom. The summed E-state index contributed by atoms with van der Waals surface area (Å²) in [5, 5.41) is 7.46. The molecule has 12 heavy (non-hydrogen) atoms. The molecule has 0 saturated heterocycles. The third kappa shape index (κ3) is 1.29. The van der Waals surface area contributed by atoms with E-state index in [9.17, 15) is 0 Å². The normalized spacial score (nSPS) is 9.67. The molecule has 0 aliphatic rings. The summed E-state index contributed by atoms with van der Waals surface area (Å²) in [4.78, 5) is 4.18. The molecule has 2 aromatic heterocycles. The molecule has 0 N–H and O–H groups in total. The molecule has 0 amide bonds. The number of rotatable bonds is 1. The van der Waals surface area contributed by atoms with Crippen LogP contribution >= 0.6 is 0 Å². The van der Waals surface area contributed by atoms with Crippen LogP contribution in [0, 0.1) is 0 Å². The molecule has 0 aliphatic heterocycles. The van der Waals surface area contributed by atoms with Gasteiger partial charge in [0.05, 0.1) is 18.1 Å². The molecular formula is C9H7N3. The minimum Gasteiger partial charge on any atom is -0.256 e. The van der Waals surface area contributed by atoms with Gasteiger partial charge in [-0.05, 0) is 18.2 Å². The lowest BCUT2D eigenvalue weighted by molar-refractivity contribution is 1.03. The summed E-state index contributed by atoms with van der Waals surface area (Å²) in [5.74, 6) is 0. The number of pyridine rings is 1. The van der Waals surface area contributed by atoms with Gasteiger partial charge in [0.1, 0.15) is 0 Å². The first-order valence-electron chi connectivity index (χ1n) is 3.65. The summed E-state index contributed by atoms with van der Waals surface area (Å²) in [7, 11) is 0. The molecule has 2 rings (SSSR count). The maximum absolute atomic E-state index is 4.18. The lowest BCUT2D eigenvalue weighted by Gasteiger charge is -1.96. The highest BCUT2D eigenvalue weighted by molar-refractivity contribution is 5.56. The Balaban J connectivity index is 2.46. The summed E-state index contributed by atoms with van der Waals surface area (Å²) in [6.07, 6.45) is 5.11. The molecule has 0 unspecified atom stereocenters. The molecule has 0 fully saturated rings. The molecule has 2 heterocycles. The lowest BCUT2D eigenvalue weighted by atomic mass is 10.2. The lowest BCUT2D eigenvalue weighted by Crippen LogP contribution is -1.84. The molecule has 3 heteroatoms. The Labute approximate surface area is 70.1 Å². The van der Waals surface area contributed by atoms with E-state index >= 15 is 0 Å². The number of hydrogen-bond donors (Lipinski definition) is 0. The van der Waals surface area contributed by atoms with Gasteiger partial charge >= 0.3 is 0 Å². The fraction of sp³-hybridized carbons (Fsp3) is 0. The Kier molecular flexibility index (Phi) is 1.78. The van der Waals surface area contributed by atoms with Gasteiger partial charge < -0.3 is 0 Å². The average molecular weight is 157 g/mol. The smallest absolute Gasteiger partial charge is 0.0718 e. The summed E-state index contributed by atoms with van der Waals surface area (Å²) in [6, 6.07) is 7.66. The van der Waals surface area contributed by atoms with E-state index in [1.165, 1.54) is 0 Å². The average Bonchev–Trinajstić information content (AvgIpc) is 2.21. The van der Waals surface area contributed by atoms with Crippen molar-refractivity contribution in [3.8, 4) is 11.3 Å². The predicted molar refractivity (Wildman–Crippen MR) is 45.3 cm³/mol. The molecule has 0 radical (unpaired) electrons. The maximum atomic E-state index is 4.18. The molecule has 58 valence electrons. The fourth-order valence-corrected chi connectivity index (χ4v) is 0.976. The SMILES string of the molecule is c1ccc(-c2ccnnc2)nc1. The number of nitrogens with zero attached hydrogens (tertiary/aromatic N) is 3. The van der Waals surface area contributed by atoms with Gasteiger partial charge in [0.15, 0.2) is 0 Å². The van der Waals surface area contributed by atoms with Crippen LogP contribution in [0.4, 0.5) is 0 Å². The van der Waals surface area contributed by atoms with Crippen molar-refractivity contribution in [3.63, 3.8) is 0 Å². The largest absolute Gasteiger partial charge is 0.256 e. The molecular weight excluding hydrogens is 150 g/mol. The van der Waals surface area contributed by atoms with E-state index in [-0.39, 0.29) is 0 Å². The second kappa shape index (κ2) is 3.09. The topological polar surface area (TPSA) is 38.7 Å². The molecule has 0 atom stereocenters. The first-order valence-corrected chi connectivity index (χ1v) is 3.65. The Hall–Kier alpha value is -1.77. The van der Waals surface area contributed by atoms with Gasteiger partial charge in [-0.3, -0.25) is 4.98 Å². The van der Waals surface area contributed by atoms with Crippen molar-refractivity contribution < 1.29 is 0 Å². The van der Waals surface area contributed by atoms with Gasteiger partial charge in [-0.15, -0.1) is 0 Å². The van der Waals surface area contributed by atoms with Crippen molar-refractivity contribution in [1.29, 1.82) is 0 Å². The highest BCUT2D eigenvalue weighted by Crippen LogP contribution is 2.12. The van der Waals surface area contributed by atoms with Gasteiger partial charge in [0, 0.05) is 11.8 Å². The van der Waals surface area contributed by atoms with Crippen molar-refractivity contribution in [2.75, 3.05) is 0 Å². The van der Waals surface area contributed by atoms with Crippen molar-refractivity contribution >= 4 is 0 Å². The molecule has 0 saturated carbocycles. The van der Waals surface area contributed by atoms with Crippen LogP contribution in [-0.2, 0) is 0 Å². The number of aromatic nitrogens is 3. The van der Waals surface area contributed by atoms with Gasteiger partial charge in [0.2, 0.25) is 0 Å². The zero-order chi connectivity index (χ0) is 8.23. The van der Waals surface area contributed by atoms with Crippen LogP contribution in [0.25, 0.3) is 11.3 Å². The van der Waals surface area contributed by atoms with Gasteiger partial charge in [-0.1, -0.05) is 6.07 Å². The van der Waals surface area contributed by atoms with E-state index in [4.69, 9.17) is 0 Å². The maximum Gasteiger partial charge on any atom is 0.0718 e. The molecule has 0 bridgehead atoms. The number of hydrogen-bond acceptors (Lipinski definition) is 3.